The molecule has 5 atom stereocenters. The maximum Gasteiger partial charge on any atom is 0.326 e. The van der Waals surface area contributed by atoms with Crippen LogP contribution in [0, 0.1) is 23.7 Å². The number of amides is 3. The van der Waals surface area contributed by atoms with Crippen LogP contribution in [0.4, 0.5) is 0 Å². The highest BCUT2D eigenvalue weighted by Gasteiger charge is 2.32. The Balaban J connectivity index is 5.54. The van der Waals surface area contributed by atoms with Gasteiger partial charge in [0, 0.05) is 0 Å². The van der Waals surface area contributed by atoms with Crippen LogP contribution >= 0.6 is 0 Å². The fourth-order valence-corrected chi connectivity index (χ4v) is 3.23. The summed E-state index contributed by atoms with van der Waals surface area (Å²) in [4.78, 5) is 50.0. The van der Waals surface area contributed by atoms with Crippen molar-refractivity contribution in [3.8, 4) is 0 Å². The quantitative estimate of drug-likeness (QED) is 0.268. The summed E-state index contributed by atoms with van der Waals surface area (Å²) in [5.41, 5.74) is 6.01. The number of carbonyl (C=O) groups is 4. The SMILES string of the molecule is CCC(C)C(N)C(=O)NC(CC(C)C)C(=O)NC(CC(C)C)C(=O)NC(C(=O)O)C(C)C. The number of hydrogen-bond donors (Lipinski definition) is 5. The van der Waals surface area contributed by atoms with E-state index in [-0.39, 0.29) is 23.7 Å². The average Bonchev–Trinajstić information content (AvgIpc) is 2.68. The van der Waals surface area contributed by atoms with Gasteiger partial charge < -0.3 is 26.8 Å². The summed E-state index contributed by atoms with van der Waals surface area (Å²) in [5.74, 6) is -2.75. The minimum absolute atomic E-state index is 0.0405. The van der Waals surface area contributed by atoms with Crippen molar-refractivity contribution < 1.29 is 24.3 Å². The van der Waals surface area contributed by atoms with Gasteiger partial charge in [0.1, 0.15) is 18.1 Å². The molecule has 0 aromatic carbocycles. The van der Waals surface area contributed by atoms with Crippen LogP contribution in [-0.4, -0.2) is 53.0 Å². The van der Waals surface area contributed by atoms with Crippen LogP contribution in [0.5, 0.6) is 0 Å². The standard InChI is InChI=1S/C23H44N4O5/c1-9-15(8)18(24)22(30)26-16(10-12(2)3)20(28)25-17(11-13(4)5)21(29)27-19(14(6)7)23(31)32/h12-19H,9-11,24H2,1-8H3,(H,25,28)(H,26,30)(H,27,29)(H,31,32). The minimum Gasteiger partial charge on any atom is -0.480 e. The molecular formula is C23H44N4O5. The smallest absolute Gasteiger partial charge is 0.326 e. The van der Waals surface area contributed by atoms with Gasteiger partial charge in [0.2, 0.25) is 17.7 Å². The summed E-state index contributed by atoms with van der Waals surface area (Å²) in [6.45, 7) is 14.9. The predicted octanol–water partition coefficient (Wildman–Crippen LogP) is 1.65. The molecule has 0 fully saturated rings. The van der Waals surface area contributed by atoms with E-state index in [1.807, 2.05) is 41.5 Å². The second kappa shape index (κ2) is 14.1. The van der Waals surface area contributed by atoms with Gasteiger partial charge >= 0.3 is 5.97 Å². The number of carboxylic acid groups (broad SMARTS) is 1. The van der Waals surface area contributed by atoms with Gasteiger partial charge in [-0.15, -0.1) is 0 Å². The van der Waals surface area contributed by atoms with Crippen LogP contribution in [0.25, 0.3) is 0 Å². The number of nitrogens with one attached hydrogen (secondary N) is 3. The van der Waals surface area contributed by atoms with Crippen LogP contribution in [0.3, 0.4) is 0 Å². The first kappa shape index (κ1) is 29.8. The molecule has 5 unspecified atom stereocenters. The zero-order chi connectivity index (χ0) is 25.2. The van der Waals surface area contributed by atoms with Crippen molar-refractivity contribution >= 4 is 23.7 Å². The Morgan fingerprint density at radius 2 is 1.16 bits per heavy atom. The largest absolute Gasteiger partial charge is 0.480 e. The van der Waals surface area contributed by atoms with Gasteiger partial charge in [0.15, 0.2) is 0 Å². The van der Waals surface area contributed by atoms with E-state index in [0.717, 1.165) is 6.42 Å². The number of aliphatic carboxylic acids is 1. The molecule has 6 N–H and O–H groups in total. The normalized spacial score (nSPS) is 16.2. The summed E-state index contributed by atoms with van der Waals surface area (Å²) >= 11 is 0. The predicted molar refractivity (Wildman–Crippen MR) is 125 cm³/mol. The molecule has 0 aliphatic rings. The third-order valence-electron chi connectivity index (χ3n) is 5.47. The minimum atomic E-state index is -1.13. The van der Waals surface area contributed by atoms with Gasteiger partial charge in [-0.3, -0.25) is 14.4 Å². The molecule has 0 radical (unpaired) electrons. The molecule has 0 bridgehead atoms. The first-order chi connectivity index (χ1) is 14.7. The highest BCUT2D eigenvalue weighted by molar-refractivity contribution is 5.94. The highest BCUT2D eigenvalue weighted by Crippen LogP contribution is 2.12. The van der Waals surface area contributed by atoms with Gasteiger partial charge in [-0.05, 0) is 36.5 Å². The van der Waals surface area contributed by atoms with Gasteiger partial charge in [-0.1, -0.05) is 61.8 Å². The Kier molecular flexibility index (Phi) is 13.1. The summed E-state index contributed by atoms with van der Waals surface area (Å²) in [6, 6.07) is -3.56. The topological polar surface area (TPSA) is 151 Å². The lowest BCUT2D eigenvalue weighted by atomic mass is 9.97. The molecule has 0 saturated carbocycles. The number of carboxylic acids is 1. The van der Waals surface area contributed by atoms with Crippen molar-refractivity contribution in [2.75, 3.05) is 0 Å². The molecule has 0 aliphatic heterocycles. The summed E-state index contributed by atoms with van der Waals surface area (Å²) in [7, 11) is 0. The van der Waals surface area contributed by atoms with Crippen molar-refractivity contribution in [2.45, 2.75) is 98.8 Å². The number of nitrogens with two attached hydrogens (primary N) is 1. The Morgan fingerprint density at radius 3 is 1.50 bits per heavy atom. The van der Waals surface area contributed by atoms with E-state index in [2.05, 4.69) is 16.0 Å². The van der Waals surface area contributed by atoms with E-state index in [4.69, 9.17) is 5.73 Å². The van der Waals surface area contributed by atoms with Crippen molar-refractivity contribution in [1.82, 2.24) is 16.0 Å². The van der Waals surface area contributed by atoms with Gasteiger partial charge in [0.25, 0.3) is 0 Å². The summed E-state index contributed by atoms with van der Waals surface area (Å²) in [5, 5.41) is 17.4. The van der Waals surface area contributed by atoms with Gasteiger partial charge in [-0.25, -0.2) is 4.79 Å². The van der Waals surface area contributed by atoms with Crippen molar-refractivity contribution in [2.24, 2.45) is 29.4 Å². The second-order valence-corrected chi connectivity index (χ2v) is 9.86. The molecule has 0 heterocycles. The summed E-state index contributed by atoms with van der Waals surface area (Å²) in [6.07, 6.45) is 1.44. The van der Waals surface area contributed by atoms with Gasteiger partial charge in [-0.2, -0.15) is 0 Å². The molecule has 9 nitrogen and oxygen atoms in total. The Labute approximate surface area is 192 Å². The zero-order valence-electron chi connectivity index (χ0n) is 20.9. The second-order valence-electron chi connectivity index (χ2n) is 9.86. The number of carbonyl (C=O) groups excluding carboxylic acids is 3. The van der Waals surface area contributed by atoms with Crippen LogP contribution in [0.1, 0.15) is 74.7 Å². The third-order valence-corrected chi connectivity index (χ3v) is 5.47. The molecule has 0 aliphatic carbocycles. The van der Waals surface area contributed by atoms with Crippen molar-refractivity contribution in [1.29, 1.82) is 0 Å². The van der Waals surface area contributed by atoms with Crippen LogP contribution < -0.4 is 21.7 Å². The molecule has 0 spiro atoms. The maximum absolute atomic E-state index is 13.1. The van der Waals surface area contributed by atoms with Crippen molar-refractivity contribution in [3.63, 3.8) is 0 Å². The lowest BCUT2D eigenvalue weighted by Crippen LogP contribution is -2.58. The zero-order valence-corrected chi connectivity index (χ0v) is 20.9. The number of hydrogen-bond acceptors (Lipinski definition) is 5. The van der Waals surface area contributed by atoms with Crippen LogP contribution in [0.2, 0.25) is 0 Å². The molecular weight excluding hydrogens is 412 g/mol. The molecule has 0 saturated heterocycles. The van der Waals surface area contributed by atoms with E-state index >= 15 is 0 Å². The molecule has 0 aromatic heterocycles. The fourth-order valence-electron chi connectivity index (χ4n) is 3.23. The van der Waals surface area contributed by atoms with Crippen LogP contribution in [0.15, 0.2) is 0 Å². The van der Waals surface area contributed by atoms with E-state index in [0.29, 0.717) is 12.8 Å². The first-order valence-electron chi connectivity index (χ1n) is 11.6. The highest BCUT2D eigenvalue weighted by atomic mass is 16.4. The average molecular weight is 457 g/mol. The number of rotatable bonds is 14. The fraction of sp³-hybridized carbons (Fsp3) is 0.826. The molecule has 186 valence electrons. The molecule has 32 heavy (non-hydrogen) atoms. The summed E-state index contributed by atoms with van der Waals surface area (Å²) < 4.78 is 0. The molecule has 0 rings (SSSR count). The molecule has 3 amide bonds. The third kappa shape index (κ3) is 10.4. The van der Waals surface area contributed by atoms with E-state index < -0.39 is 47.9 Å². The van der Waals surface area contributed by atoms with Crippen LogP contribution in [-0.2, 0) is 19.2 Å². The maximum atomic E-state index is 13.1. The van der Waals surface area contributed by atoms with E-state index in [9.17, 15) is 24.3 Å². The Hall–Kier alpha value is -2.16. The lowest BCUT2D eigenvalue weighted by molar-refractivity contribution is -0.143. The van der Waals surface area contributed by atoms with Crippen molar-refractivity contribution in [3.05, 3.63) is 0 Å². The van der Waals surface area contributed by atoms with Gasteiger partial charge in [0.05, 0.1) is 6.04 Å². The Bertz CT molecular complexity index is 636. The first-order valence-corrected chi connectivity index (χ1v) is 11.6. The molecule has 9 heteroatoms. The molecule has 0 aromatic rings. The monoisotopic (exact) mass is 456 g/mol. The lowest BCUT2D eigenvalue weighted by Gasteiger charge is -2.28. The van der Waals surface area contributed by atoms with E-state index in [1.54, 1.807) is 13.8 Å². The van der Waals surface area contributed by atoms with E-state index in [1.165, 1.54) is 0 Å². The Morgan fingerprint density at radius 1 is 0.750 bits per heavy atom.